The van der Waals surface area contributed by atoms with Gasteiger partial charge in [0.2, 0.25) is 0 Å². The molecule has 1 rings (SSSR count). The maximum Gasteiger partial charge on any atom is 0.400 e. The summed E-state index contributed by atoms with van der Waals surface area (Å²) in [5.41, 5.74) is 4.82. The molecule has 1 atom stereocenters. The Morgan fingerprint density at radius 3 is 2.55 bits per heavy atom. The van der Waals surface area contributed by atoms with Gasteiger partial charge < -0.3 is 16.3 Å². The van der Waals surface area contributed by atoms with Crippen molar-refractivity contribution in [3.05, 3.63) is 35.4 Å². The summed E-state index contributed by atoms with van der Waals surface area (Å²) in [6.07, 6.45) is -4.72. The second kappa shape index (κ2) is 6.51. The van der Waals surface area contributed by atoms with Crippen molar-refractivity contribution in [1.82, 2.24) is 5.32 Å². The molecule has 0 aliphatic rings. The van der Waals surface area contributed by atoms with E-state index < -0.39 is 36.1 Å². The molecule has 0 heterocycles. The summed E-state index contributed by atoms with van der Waals surface area (Å²) >= 11 is 0. The van der Waals surface area contributed by atoms with Gasteiger partial charge in [-0.3, -0.25) is 0 Å². The Balaban J connectivity index is 2.68. The van der Waals surface area contributed by atoms with Gasteiger partial charge in [-0.05, 0) is 18.2 Å². The van der Waals surface area contributed by atoms with Crippen LogP contribution in [0.25, 0.3) is 0 Å². The van der Waals surface area contributed by atoms with Crippen LogP contribution in [0.15, 0.2) is 23.4 Å². The molecule has 0 saturated heterocycles. The lowest BCUT2D eigenvalue weighted by Gasteiger charge is -2.19. The Morgan fingerprint density at radius 2 is 2.00 bits per heavy atom. The molecular weight excluding hydrogens is 285 g/mol. The van der Waals surface area contributed by atoms with Gasteiger partial charge in [0.15, 0.2) is 5.84 Å². The highest BCUT2D eigenvalue weighted by molar-refractivity contribution is 5.83. The molecule has 4 N–H and O–H groups in total. The summed E-state index contributed by atoms with van der Waals surface area (Å²) in [5, 5.41) is 12.9. The second-order valence-corrected chi connectivity index (χ2v) is 3.99. The lowest BCUT2D eigenvalue weighted by atomic mass is 10.1. The van der Waals surface area contributed by atoms with Crippen molar-refractivity contribution in [3.8, 4) is 0 Å². The number of oxime groups is 1. The topological polar surface area (TPSA) is 70.6 Å². The van der Waals surface area contributed by atoms with Gasteiger partial charge in [-0.25, -0.2) is 8.78 Å². The first-order valence-corrected chi connectivity index (χ1v) is 5.44. The van der Waals surface area contributed by atoms with Gasteiger partial charge in [0, 0.05) is 18.7 Å². The van der Waals surface area contributed by atoms with E-state index in [2.05, 4.69) is 10.5 Å². The van der Waals surface area contributed by atoms with Crippen LogP contribution in [0.3, 0.4) is 0 Å². The minimum absolute atomic E-state index is 0.120. The highest BCUT2D eigenvalue weighted by Crippen LogP contribution is 2.26. The predicted octanol–water partition coefficient (Wildman–Crippen LogP) is 1.98. The molecule has 0 fully saturated rings. The number of amidine groups is 1. The van der Waals surface area contributed by atoms with Crippen LogP contribution < -0.4 is 11.1 Å². The van der Waals surface area contributed by atoms with E-state index in [0.717, 1.165) is 18.2 Å². The molecule has 4 nitrogen and oxygen atoms in total. The minimum Gasteiger partial charge on any atom is -0.409 e. The number of nitrogens with zero attached hydrogens (tertiary/aromatic N) is 1. The summed E-state index contributed by atoms with van der Waals surface area (Å²) in [6, 6.07) is 2.64. The molecule has 0 aliphatic carbocycles. The Morgan fingerprint density at radius 1 is 1.35 bits per heavy atom. The predicted molar refractivity (Wildman–Crippen MR) is 61.0 cm³/mol. The number of nitrogens with two attached hydrogens (primary N) is 1. The Hall–Kier alpha value is -1.90. The van der Waals surface area contributed by atoms with Crippen molar-refractivity contribution in [3.63, 3.8) is 0 Å². The Labute approximate surface area is 111 Å². The normalized spacial score (nSPS) is 14.3. The fourth-order valence-electron chi connectivity index (χ4n) is 1.49. The van der Waals surface area contributed by atoms with E-state index >= 15 is 0 Å². The molecule has 0 spiro atoms. The largest absolute Gasteiger partial charge is 0.409 e. The molecule has 0 bridgehead atoms. The molecule has 0 amide bonds. The zero-order valence-corrected chi connectivity index (χ0v) is 10.1. The number of nitrogens with one attached hydrogen (secondary N) is 1. The van der Waals surface area contributed by atoms with Crippen LogP contribution >= 0.6 is 0 Å². The lowest BCUT2D eigenvalue weighted by Crippen LogP contribution is -2.42. The average molecular weight is 297 g/mol. The van der Waals surface area contributed by atoms with Crippen molar-refractivity contribution in [1.29, 1.82) is 0 Å². The van der Waals surface area contributed by atoms with Crippen molar-refractivity contribution in [2.75, 3.05) is 6.54 Å². The summed E-state index contributed by atoms with van der Waals surface area (Å²) in [7, 11) is 0. The Kier molecular flexibility index (Phi) is 5.26. The smallest absolute Gasteiger partial charge is 0.400 e. The van der Waals surface area contributed by atoms with E-state index in [1.807, 2.05) is 0 Å². The third-order valence-electron chi connectivity index (χ3n) is 2.54. The van der Waals surface area contributed by atoms with Crippen LogP contribution in [0.1, 0.15) is 5.56 Å². The molecule has 0 radical (unpaired) electrons. The molecule has 20 heavy (non-hydrogen) atoms. The third kappa shape index (κ3) is 4.34. The van der Waals surface area contributed by atoms with E-state index in [1.54, 1.807) is 0 Å². The highest BCUT2D eigenvalue weighted by Gasteiger charge is 2.42. The van der Waals surface area contributed by atoms with Crippen molar-refractivity contribution in [2.45, 2.75) is 12.7 Å². The first-order chi connectivity index (χ1) is 9.25. The van der Waals surface area contributed by atoms with E-state index in [4.69, 9.17) is 10.9 Å². The SMILES string of the molecule is N/C(=N/O)C(CNCc1cc(F)ccc1F)C(F)(F)F. The van der Waals surface area contributed by atoms with Crippen LogP contribution in [0.4, 0.5) is 22.0 Å². The number of hydrogen-bond acceptors (Lipinski definition) is 3. The van der Waals surface area contributed by atoms with Gasteiger partial charge in [0.25, 0.3) is 0 Å². The second-order valence-electron chi connectivity index (χ2n) is 3.99. The minimum atomic E-state index is -4.72. The molecular formula is C11H12F5N3O. The third-order valence-corrected chi connectivity index (χ3v) is 2.54. The van der Waals surface area contributed by atoms with Crippen molar-refractivity contribution >= 4 is 5.84 Å². The van der Waals surface area contributed by atoms with Crippen molar-refractivity contribution < 1.29 is 27.2 Å². The molecule has 1 unspecified atom stereocenters. The van der Waals surface area contributed by atoms with Crippen LogP contribution in [-0.4, -0.2) is 23.8 Å². The molecule has 0 aromatic heterocycles. The average Bonchev–Trinajstić information content (AvgIpc) is 2.36. The van der Waals surface area contributed by atoms with Gasteiger partial charge in [0.05, 0.1) is 0 Å². The maximum atomic E-state index is 13.2. The molecule has 9 heteroatoms. The fraction of sp³-hybridized carbons (Fsp3) is 0.364. The molecule has 1 aromatic rings. The maximum absolute atomic E-state index is 13.2. The van der Waals surface area contributed by atoms with E-state index in [1.165, 1.54) is 0 Å². The summed E-state index contributed by atoms with van der Waals surface area (Å²) < 4.78 is 63.8. The Bertz CT molecular complexity index is 489. The van der Waals surface area contributed by atoms with Crippen LogP contribution in [0, 0.1) is 17.6 Å². The van der Waals surface area contributed by atoms with E-state index in [-0.39, 0.29) is 12.1 Å². The van der Waals surface area contributed by atoms with E-state index in [0.29, 0.717) is 0 Å². The standard InChI is InChI=1S/C11H12F5N3O/c12-7-1-2-9(13)6(3-7)4-18-5-8(10(17)19-20)11(14,15)16/h1-3,8,18,20H,4-5H2,(H2,17,19). The molecule has 112 valence electrons. The van der Waals surface area contributed by atoms with Gasteiger partial charge in [-0.15, -0.1) is 0 Å². The number of rotatable bonds is 5. The number of halogens is 5. The summed E-state index contributed by atoms with van der Waals surface area (Å²) in [6.45, 7) is -1.05. The lowest BCUT2D eigenvalue weighted by molar-refractivity contribution is -0.154. The summed E-state index contributed by atoms with van der Waals surface area (Å²) in [5.74, 6) is -4.67. The quantitative estimate of drug-likeness (QED) is 0.256. The molecule has 1 aromatic carbocycles. The fourth-order valence-corrected chi connectivity index (χ4v) is 1.49. The molecule has 0 saturated carbocycles. The van der Waals surface area contributed by atoms with Crippen molar-refractivity contribution in [2.24, 2.45) is 16.8 Å². The first-order valence-electron chi connectivity index (χ1n) is 5.44. The summed E-state index contributed by atoms with van der Waals surface area (Å²) in [4.78, 5) is 0. The van der Waals surface area contributed by atoms with Crippen LogP contribution in [0.5, 0.6) is 0 Å². The number of benzene rings is 1. The van der Waals surface area contributed by atoms with Crippen LogP contribution in [0.2, 0.25) is 0 Å². The van der Waals surface area contributed by atoms with Gasteiger partial charge in [-0.1, -0.05) is 5.16 Å². The first kappa shape index (κ1) is 16.2. The number of hydrogen-bond donors (Lipinski definition) is 3. The monoisotopic (exact) mass is 297 g/mol. The highest BCUT2D eigenvalue weighted by atomic mass is 19.4. The van der Waals surface area contributed by atoms with E-state index in [9.17, 15) is 22.0 Å². The van der Waals surface area contributed by atoms with Gasteiger partial charge in [0.1, 0.15) is 17.6 Å². The zero-order chi connectivity index (χ0) is 15.3. The van der Waals surface area contributed by atoms with Gasteiger partial charge in [-0.2, -0.15) is 13.2 Å². The number of alkyl halides is 3. The van der Waals surface area contributed by atoms with Crippen LogP contribution in [-0.2, 0) is 6.54 Å². The molecule has 0 aliphatic heterocycles. The zero-order valence-electron chi connectivity index (χ0n) is 10.1. The van der Waals surface area contributed by atoms with Gasteiger partial charge >= 0.3 is 6.18 Å².